The van der Waals surface area contributed by atoms with Crippen molar-refractivity contribution >= 4 is 22.7 Å². The first kappa shape index (κ1) is 19.9. The van der Waals surface area contributed by atoms with Gasteiger partial charge in [-0.15, -0.1) is 0 Å². The molecule has 3 heterocycles. The van der Waals surface area contributed by atoms with E-state index in [-0.39, 0.29) is 30.9 Å². The summed E-state index contributed by atoms with van der Waals surface area (Å²) in [6.07, 6.45) is 1.56. The van der Waals surface area contributed by atoms with Gasteiger partial charge in [-0.05, 0) is 35.9 Å². The molecule has 0 aliphatic carbocycles. The number of fused-ring (bicyclic) bond motifs is 3. The van der Waals surface area contributed by atoms with Crippen LogP contribution in [-0.2, 0) is 18.4 Å². The number of carbonyl (C=O) groups excluding carboxylic acids is 2. The number of amides is 2. The normalized spacial score (nSPS) is 15.2. The molecule has 1 aliphatic heterocycles. The van der Waals surface area contributed by atoms with Crippen LogP contribution in [0.5, 0.6) is 5.75 Å². The largest absolute Gasteiger partial charge is 0.497 e. The van der Waals surface area contributed by atoms with Crippen LogP contribution in [0.1, 0.15) is 33.4 Å². The van der Waals surface area contributed by atoms with Crippen molar-refractivity contribution in [3.8, 4) is 5.75 Å². The van der Waals surface area contributed by atoms with Crippen molar-refractivity contribution < 1.29 is 18.7 Å². The van der Waals surface area contributed by atoms with E-state index < -0.39 is 0 Å². The van der Waals surface area contributed by atoms with Gasteiger partial charge in [0.05, 0.1) is 26.0 Å². The van der Waals surface area contributed by atoms with E-state index in [4.69, 9.17) is 9.15 Å². The van der Waals surface area contributed by atoms with Crippen LogP contribution in [0.2, 0.25) is 0 Å². The van der Waals surface area contributed by atoms with Crippen LogP contribution < -0.4 is 10.1 Å². The Labute approximate surface area is 185 Å². The number of benzene rings is 2. The minimum atomic E-state index is -0.371. The number of hydrogen-bond donors (Lipinski definition) is 1. The van der Waals surface area contributed by atoms with Gasteiger partial charge in [-0.1, -0.05) is 30.3 Å². The van der Waals surface area contributed by atoms with Crippen LogP contribution in [0, 0.1) is 0 Å². The van der Waals surface area contributed by atoms with Crippen LogP contribution in [0.3, 0.4) is 0 Å². The molecule has 2 aromatic heterocycles. The molecule has 0 saturated carbocycles. The van der Waals surface area contributed by atoms with E-state index in [0.29, 0.717) is 11.5 Å². The molecule has 0 radical (unpaired) electrons. The summed E-state index contributed by atoms with van der Waals surface area (Å²) < 4.78 is 12.5. The second kappa shape index (κ2) is 7.92. The summed E-state index contributed by atoms with van der Waals surface area (Å²) in [5.74, 6) is 0.990. The number of methoxy groups -OCH3 is 1. The zero-order chi connectivity index (χ0) is 22.2. The topological polar surface area (TPSA) is 76.7 Å². The molecule has 1 N–H and O–H groups in total. The molecule has 1 aliphatic rings. The molecule has 4 aromatic rings. The highest BCUT2D eigenvalue weighted by Crippen LogP contribution is 2.43. The quantitative estimate of drug-likeness (QED) is 0.508. The number of rotatable bonds is 6. The number of carbonyl (C=O) groups is 2. The lowest BCUT2D eigenvalue weighted by Crippen LogP contribution is -2.39. The molecule has 0 bridgehead atoms. The summed E-state index contributed by atoms with van der Waals surface area (Å²) in [7, 11) is 3.51. The minimum absolute atomic E-state index is 0.0563. The average molecular weight is 429 g/mol. The molecule has 2 aromatic carbocycles. The number of para-hydroxylation sites is 1. The molecule has 162 valence electrons. The van der Waals surface area contributed by atoms with Crippen molar-refractivity contribution in [2.24, 2.45) is 7.05 Å². The predicted octanol–water partition coefficient (Wildman–Crippen LogP) is 3.64. The zero-order valence-corrected chi connectivity index (χ0v) is 17.9. The average Bonchev–Trinajstić information content (AvgIpc) is 3.51. The van der Waals surface area contributed by atoms with Crippen LogP contribution in [0.4, 0.5) is 0 Å². The monoisotopic (exact) mass is 429 g/mol. The third-order valence-electron chi connectivity index (χ3n) is 5.98. The minimum Gasteiger partial charge on any atom is -0.497 e. The Hall–Kier alpha value is -4.00. The van der Waals surface area contributed by atoms with E-state index in [1.54, 1.807) is 30.4 Å². The molecule has 5 rings (SSSR count). The maximum atomic E-state index is 13.5. The first-order chi connectivity index (χ1) is 15.6. The van der Waals surface area contributed by atoms with Gasteiger partial charge in [0.25, 0.3) is 5.91 Å². The Morgan fingerprint density at radius 1 is 1.09 bits per heavy atom. The van der Waals surface area contributed by atoms with Crippen molar-refractivity contribution in [2.75, 3.05) is 13.7 Å². The maximum Gasteiger partial charge on any atom is 0.272 e. The van der Waals surface area contributed by atoms with E-state index in [1.807, 2.05) is 60.1 Å². The fraction of sp³-hybridized carbons (Fsp3) is 0.200. The lowest BCUT2D eigenvalue weighted by atomic mass is 9.98. The van der Waals surface area contributed by atoms with Crippen LogP contribution in [0.25, 0.3) is 10.9 Å². The van der Waals surface area contributed by atoms with Crippen molar-refractivity contribution in [3.63, 3.8) is 0 Å². The lowest BCUT2D eigenvalue weighted by molar-refractivity contribution is -0.122. The second-order valence-corrected chi connectivity index (χ2v) is 7.80. The van der Waals surface area contributed by atoms with Gasteiger partial charge >= 0.3 is 0 Å². The number of nitrogens with one attached hydrogen (secondary N) is 1. The maximum absolute atomic E-state index is 13.5. The number of hydrogen-bond acceptors (Lipinski definition) is 4. The molecule has 2 amide bonds. The van der Waals surface area contributed by atoms with Gasteiger partial charge in [0.1, 0.15) is 23.7 Å². The summed E-state index contributed by atoms with van der Waals surface area (Å²) in [5, 5.41) is 3.85. The van der Waals surface area contributed by atoms with Crippen molar-refractivity contribution in [1.82, 2.24) is 14.8 Å². The van der Waals surface area contributed by atoms with Crippen LogP contribution in [0.15, 0.2) is 71.3 Å². The molecule has 0 fully saturated rings. The van der Waals surface area contributed by atoms with Crippen LogP contribution >= 0.6 is 0 Å². The second-order valence-electron chi connectivity index (χ2n) is 7.80. The highest BCUT2D eigenvalue weighted by atomic mass is 16.5. The molecular formula is C25H23N3O4. The first-order valence-corrected chi connectivity index (χ1v) is 10.4. The molecular weight excluding hydrogens is 406 g/mol. The Bertz CT molecular complexity index is 1290. The van der Waals surface area contributed by atoms with E-state index in [0.717, 1.165) is 27.8 Å². The molecule has 1 atom stereocenters. The number of furan rings is 1. The highest BCUT2D eigenvalue weighted by Gasteiger charge is 2.42. The molecule has 1 unspecified atom stereocenters. The number of aromatic nitrogens is 1. The SMILES string of the molecule is COc1ccc(C2c3c(n(C)c4ccccc34)C(=O)N2CC(=O)NCc2ccco2)cc1. The van der Waals surface area contributed by atoms with Crippen molar-refractivity contribution in [3.05, 3.63) is 89.5 Å². The highest BCUT2D eigenvalue weighted by molar-refractivity contribution is 6.07. The Morgan fingerprint density at radius 3 is 2.59 bits per heavy atom. The van der Waals surface area contributed by atoms with Gasteiger partial charge in [0.15, 0.2) is 0 Å². The molecule has 7 nitrogen and oxygen atoms in total. The van der Waals surface area contributed by atoms with Gasteiger partial charge in [-0.3, -0.25) is 9.59 Å². The molecule has 0 spiro atoms. The first-order valence-electron chi connectivity index (χ1n) is 10.4. The Kier molecular flexibility index (Phi) is 4.93. The van der Waals surface area contributed by atoms with E-state index in [1.165, 1.54) is 0 Å². The molecule has 32 heavy (non-hydrogen) atoms. The standard InChI is InChI=1S/C25H23N3O4/c1-27-20-8-4-3-7-19(20)22-23(16-9-11-17(31-2)12-10-16)28(25(30)24(22)27)15-21(29)26-14-18-6-5-13-32-18/h3-13,23H,14-15H2,1-2H3,(H,26,29). The van der Waals surface area contributed by atoms with Crippen LogP contribution in [-0.4, -0.2) is 34.9 Å². The van der Waals surface area contributed by atoms with Crippen molar-refractivity contribution in [2.45, 2.75) is 12.6 Å². The van der Waals surface area contributed by atoms with Crippen molar-refractivity contribution in [1.29, 1.82) is 0 Å². The van der Waals surface area contributed by atoms with Gasteiger partial charge < -0.3 is 23.9 Å². The van der Waals surface area contributed by atoms with E-state index in [2.05, 4.69) is 5.32 Å². The van der Waals surface area contributed by atoms with Gasteiger partial charge in [0, 0.05) is 23.5 Å². The fourth-order valence-electron chi connectivity index (χ4n) is 4.47. The van der Waals surface area contributed by atoms with E-state index in [9.17, 15) is 9.59 Å². The third kappa shape index (κ3) is 3.22. The predicted molar refractivity (Wildman–Crippen MR) is 119 cm³/mol. The van der Waals surface area contributed by atoms with Gasteiger partial charge in [-0.25, -0.2) is 0 Å². The summed E-state index contributed by atoms with van der Waals surface area (Å²) >= 11 is 0. The summed E-state index contributed by atoms with van der Waals surface area (Å²) in [4.78, 5) is 27.9. The Morgan fingerprint density at radius 2 is 1.88 bits per heavy atom. The zero-order valence-electron chi connectivity index (χ0n) is 17.9. The molecule has 7 heteroatoms. The summed E-state index contributed by atoms with van der Waals surface area (Å²) in [6, 6.07) is 18.8. The number of nitrogens with zero attached hydrogens (tertiary/aromatic N) is 2. The number of aryl methyl sites for hydroxylation is 1. The Balaban J connectivity index is 1.53. The molecule has 0 saturated heterocycles. The number of ether oxygens (including phenoxy) is 1. The van der Waals surface area contributed by atoms with Gasteiger partial charge in [0.2, 0.25) is 5.91 Å². The van der Waals surface area contributed by atoms with E-state index >= 15 is 0 Å². The lowest BCUT2D eigenvalue weighted by Gasteiger charge is -2.26. The summed E-state index contributed by atoms with van der Waals surface area (Å²) in [5.41, 5.74) is 3.46. The smallest absolute Gasteiger partial charge is 0.272 e. The summed E-state index contributed by atoms with van der Waals surface area (Å²) in [6.45, 7) is 0.218. The third-order valence-corrected chi connectivity index (χ3v) is 5.98. The fourth-order valence-corrected chi connectivity index (χ4v) is 4.47. The van der Waals surface area contributed by atoms with Gasteiger partial charge in [-0.2, -0.15) is 0 Å².